The predicted octanol–water partition coefficient (Wildman–Crippen LogP) is 3.31. The third kappa shape index (κ3) is 11.5. The molecule has 1 saturated carbocycles. The van der Waals surface area contributed by atoms with Crippen LogP contribution in [0.3, 0.4) is 0 Å². The predicted molar refractivity (Wildman–Crippen MR) is 139 cm³/mol. The van der Waals surface area contributed by atoms with E-state index in [1.165, 1.54) is 6.92 Å². The zero-order valence-electron chi connectivity index (χ0n) is 22.0. The second-order valence-corrected chi connectivity index (χ2v) is 10.3. The van der Waals surface area contributed by atoms with Gasteiger partial charge in [0.05, 0.1) is 12.3 Å². The lowest BCUT2D eigenvalue weighted by Gasteiger charge is -2.32. The Bertz CT molecular complexity index is 742. The maximum atomic E-state index is 12.7. The first kappa shape index (κ1) is 31.1. The molecule has 0 aromatic heterocycles. The summed E-state index contributed by atoms with van der Waals surface area (Å²) in [5, 5.41) is 6.12. The number of piperidine rings is 2. The molecule has 10 nitrogen and oxygen atoms in total. The minimum atomic E-state index is -1.06. The zero-order valence-corrected chi connectivity index (χ0v) is 22.9. The van der Waals surface area contributed by atoms with Crippen molar-refractivity contribution in [3.63, 3.8) is 0 Å². The summed E-state index contributed by atoms with van der Waals surface area (Å²) in [4.78, 5) is 51.0. The highest BCUT2D eigenvalue weighted by atomic mass is 35.5. The topological polar surface area (TPSA) is 123 Å². The van der Waals surface area contributed by atoms with Crippen molar-refractivity contribution in [2.24, 2.45) is 11.8 Å². The van der Waals surface area contributed by atoms with Crippen LogP contribution in [-0.4, -0.2) is 74.0 Å². The van der Waals surface area contributed by atoms with Crippen molar-refractivity contribution in [2.75, 3.05) is 32.7 Å². The van der Waals surface area contributed by atoms with E-state index in [2.05, 4.69) is 10.6 Å². The van der Waals surface area contributed by atoms with Gasteiger partial charge >= 0.3 is 12.1 Å². The quantitative estimate of drug-likeness (QED) is 0.316. The molecule has 1 unspecified atom stereocenters. The number of nitrogens with one attached hydrogen (secondary N) is 2. The Balaban J connectivity index is 0.00000481. The molecule has 3 rings (SSSR count). The Morgan fingerprint density at radius 3 is 2.41 bits per heavy atom. The maximum absolute atomic E-state index is 12.7. The smallest absolute Gasteiger partial charge is 0.431 e. The van der Waals surface area contributed by atoms with Crippen LogP contribution in [0.25, 0.3) is 0 Å². The van der Waals surface area contributed by atoms with E-state index in [1.54, 1.807) is 0 Å². The first-order valence-electron chi connectivity index (χ1n) is 13.7. The van der Waals surface area contributed by atoms with Crippen LogP contribution >= 0.6 is 12.4 Å². The van der Waals surface area contributed by atoms with Crippen molar-refractivity contribution in [1.29, 1.82) is 0 Å². The number of hydrogen-bond acceptors (Lipinski definition) is 8. The number of likely N-dealkylation sites (tertiary alicyclic amines) is 1. The van der Waals surface area contributed by atoms with Gasteiger partial charge in [-0.05, 0) is 76.8 Å². The van der Waals surface area contributed by atoms with Gasteiger partial charge in [0, 0.05) is 33.0 Å². The fourth-order valence-corrected chi connectivity index (χ4v) is 5.26. The molecule has 1 aliphatic carbocycles. The minimum Gasteiger partial charge on any atom is -0.431 e. The number of nitrogens with zero attached hydrogens (tertiary/aromatic N) is 1. The monoisotopic (exact) mass is 545 g/mol. The molecule has 37 heavy (non-hydrogen) atoms. The van der Waals surface area contributed by atoms with Gasteiger partial charge in [-0.2, -0.15) is 0 Å². The number of hydrogen-bond donors (Lipinski definition) is 2. The Hall–Kier alpha value is -2.07. The van der Waals surface area contributed by atoms with Crippen LogP contribution in [0.2, 0.25) is 0 Å². The van der Waals surface area contributed by atoms with E-state index in [0.717, 1.165) is 77.3 Å². The van der Waals surface area contributed by atoms with E-state index in [9.17, 15) is 19.2 Å². The van der Waals surface area contributed by atoms with Crippen molar-refractivity contribution < 1.29 is 33.4 Å². The summed E-state index contributed by atoms with van der Waals surface area (Å²) in [5.74, 6) is -0.264. The van der Waals surface area contributed by atoms with Gasteiger partial charge in [0.15, 0.2) is 0 Å². The van der Waals surface area contributed by atoms with E-state index < -0.39 is 18.4 Å². The van der Waals surface area contributed by atoms with Gasteiger partial charge in [0.2, 0.25) is 18.1 Å². The van der Waals surface area contributed by atoms with E-state index in [0.29, 0.717) is 25.4 Å². The van der Waals surface area contributed by atoms with Gasteiger partial charge in [-0.3, -0.25) is 14.4 Å². The molecule has 0 radical (unpaired) electrons. The van der Waals surface area contributed by atoms with Gasteiger partial charge in [-0.15, -0.1) is 12.4 Å². The van der Waals surface area contributed by atoms with Crippen LogP contribution in [0, 0.1) is 11.8 Å². The Labute approximate surface area is 226 Å². The van der Waals surface area contributed by atoms with Crippen LogP contribution in [0.4, 0.5) is 4.79 Å². The fourth-order valence-electron chi connectivity index (χ4n) is 5.26. The number of ether oxygens (including phenoxy) is 3. The summed E-state index contributed by atoms with van der Waals surface area (Å²) in [5.41, 5.74) is 0. The Kier molecular flexibility index (Phi) is 14.1. The second-order valence-electron chi connectivity index (χ2n) is 10.3. The highest BCUT2D eigenvalue weighted by molar-refractivity contribution is 5.85. The minimum absolute atomic E-state index is 0. The van der Waals surface area contributed by atoms with Gasteiger partial charge in [0.25, 0.3) is 0 Å². The molecular formula is C26H44ClN3O7. The third-order valence-electron chi connectivity index (χ3n) is 7.37. The van der Waals surface area contributed by atoms with Crippen molar-refractivity contribution in [1.82, 2.24) is 15.5 Å². The van der Waals surface area contributed by atoms with Gasteiger partial charge in [-0.1, -0.05) is 6.42 Å². The Morgan fingerprint density at radius 2 is 1.68 bits per heavy atom. The highest BCUT2D eigenvalue weighted by Gasteiger charge is 2.29. The standard InChI is InChI=1S/C26H43N3O7.ClH/c1-19(35-26(33)36-22-7-3-2-4-8-22)34-24(31)13-16-28-25(32)21-6-5-17-29(18-21)23(30)10-9-20-11-14-27-15-12-20;/h19-22,27H,2-18H2,1H3,(H,28,32);1H/t19?,21-;/m1./s1. The van der Waals surface area contributed by atoms with Gasteiger partial charge < -0.3 is 29.7 Å². The normalized spacial score (nSPS) is 21.8. The molecule has 0 aromatic rings. The number of carbonyl (C=O) groups is 4. The SMILES string of the molecule is CC(OC(=O)CCNC(=O)[C@@H]1CCCN(C(=O)CCC2CCNCC2)C1)OC(=O)OC1CCCCC1.Cl. The third-order valence-corrected chi connectivity index (χ3v) is 7.37. The number of esters is 1. The molecule has 3 fully saturated rings. The van der Waals surface area contributed by atoms with Crippen molar-refractivity contribution in [3.05, 3.63) is 0 Å². The first-order chi connectivity index (χ1) is 17.4. The van der Waals surface area contributed by atoms with Crippen LogP contribution in [0.15, 0.2) is 0 Å². The van der Waals surface area contributed by atoms with Crippen molar-refractivity contribution in [3.8, 4) is 0 Å². The van der Waals surface area contributed by atoms with Gasteiger partial charge in [0.1, 0.15) is 6.10 Å². The molecule has 2 saturated heterocycles. The summed E-state index contributed by atoms with van der Waals surface area (Å²) in [7, 11) is 0. The highest BCUT2D eigenvalue weighted by Crippen LogP contribution is 2.22. The van der Waals surface area contributed by atoms with Crippen molar-refractivity contribution in [2.45, 2.75) is 96.4 Å². The van der Waals surface area contributed by atoms with E-state index in [-0.39, 0.29) is 49.2 Å². The molecule has 212 valence electrons. The number of carbonyl (C=O) groups excluding carboxylic acids is 4. The molecule has 2 heterocycles. The molecule has 0 bridgehead atoms. The molecular weight excluding hydrogens is 502 g/mol. The number of rotatable bonds is 10. The second kappa shape index (κ2) is 16.7. The Morgan fingerprint density at radius 1 is 0.946 bits per heavy atom. The molecule has 0 spiro atoms. The average Bonchev–Trinajstić information content (AvgIpc) is 2.88. The van der Waals surface area contributed by atoms with E-state index in [1.807, 2.05) is 4.90 Å². The lowest BCUT2D eigenvalue weighted by atomic mass is 9.92. The van der Waals surface area contributed by atoms with Crippen LogP contribution in [0.5, 0.6) is 0 Å². The summed E-state index contributed by atoms with van der Waals surface area (Å²) in [6, 6.07) is 0. The van der Waals surface area contributed by atoms with E-state index >= 15 is 0 Å². The molecule has 0 aromatic carbocycles. The molecule has 3 aliphatic rings. The lowest BCUT2D eigenvalue weighted by molar-refractivity contribution is -0.168. The number of halogens is 1. The van der Waals surface area contributed by atoms with Crippen LogP contribution in [-0.2, 0) is 28.6 Å². The lowest BCUT2D eigenvalue weighted by Crippen LogP contribution is -2.45. The van der Waals surface area contributed by atoms with Gasteiger partial charge in [-0.25, -0.2) is 4.79 Å². The van der Waals surface area contributed by atoms with Crippen molar-refractivity contribution >= 4 is 36.3 Å². The fraction of sp³-hybridized carbons (Fsp3) is 0.846. The first-order valence-corrected chi connectivity index (χ1v) is 13.7. The average molecular weight is 546 g/mol. The largest absolute Gasteiger partial charge is 0.511 e. The summed E-state index contributed by atoms with van der Waals surface area (Å²) in [6.07, 6.45) is 8.01. The maximum Gasteiger partial charge on any atom is 0.511 e. The molecule has 2 atom stereocenters. The molecule has 2 N–H and O–H groups in total. The molecule has 11 heteroatoms. The van der Waals surface area contributed by atoms with Crippen LogP contribution in [0.1, 0.15) is 84.0 Å². The summed E-state index contributed by atoms with van der Waals surface area (Å²) in [6.45, 7) is 4.75. The van der Waals surface area contributed by atoms with E-state index in [4.69, 9.17) is 14.2 Å². The zero-order chi connectivity index (χ0) is 25.8. The summed E-state index contributed by atoms with van der Waals surface area (Å²) < 4.78 is 15.4. The number of amides is 2. The summed E-state index contributed by atoms with van der Waals surface area (Å²) >= 11 is 0. The molecule has 2 aliphatic heterocycles. The van der Waals surface area contributed by atoms with Crippen LogP contribution < -0.4 is 10.6 Å². The molecule has 2 amide bonds.